The highest BCUT2D eigenvalue weighted by atomic mass is 35.5. The molecule has 1 rings (SSSR count). The number of benzene rings is 1. The number of alkyl halides is 2. The third kappa shape index (κ3) is 4.24. The van der Waals surface area contributed by atoms with E-state index >= 15 is 0 Å². The van der Waals surface area contributed by atoms with Gasteiger partial charge in [0.1, 0.15) is 0 Å². The van der Waals surface area contributed by atoms with Crippen molar-refractivity contribution < 1.29 is 8.78 Å². The van der Waals surface area contributed by atoms with E-state index in [0.29, 0.717) is 5.92 Å². The molecule has 0 amide bonds. The molecule has 0 aliphatic rings. The molecule has 18 heavy (non-hydrogen) atoms. The fourth-order valence-electron chi connectivity index (χ4n) is 2.26. The molecule has 0 fully saturated rings. The van der Waals surface area contributed by atoms with E-state index in [0.717, 1.165) is 37.7 Å². The van der Waals surface area contributed by atoms with Crippen molar-refractivity contribution in [1.29, 1.82) is 0 Å². The van der Waals surface area contributed by atoms with Gasteiger partial charge in [-0.15, -0.1) is 0 Å². The number of hydrogen-bond acceptors (Lipinski definition) is 0. The van der Waals surface area contributed by atoms with Crippen LogP contribution in [0.25, 0.3) is 0 Å². The molecule has 0 saturated carbocycles. The normalized spacial score (nSPS) is 13.0. The lowest BCUT2D eigenvalue weighted by atomic mass is 9.89. The van der Waals surface area contributed by atoms with Gasteiger partial charge in [-0.1, -0.05) is 50.8 Å². The molecular formula is C15H21ClF2. The zero-order chi connectivity index (χ0) is 13.5. The Kier molecular flexibility index (Phi) is 6.62. The molecular weight excluding hydrogens is 254 g/mol. The standard InChI is InChI=1S/C15H21ClF2/c1-3-5-7-11(6-4-2)12-8-9-14(16)13(10-12)15(17)18/h8-11,15H,3-7H2,1-2H3. The number of rotatable bonds is 7. The Bertz CT molecular complexity index is 364. The van der Waals surface area contributed by atoms with Gasteiger partial charge >= 0.3 is 0 Å². The van der Waals surface area contributed by atoms with Crippen LogP contribution in [0.5, 0.6) is 0 Å². The Labute approximate surface area is 113 Å². The van der Waals surface area contributed by atoms with Crippen LogP contribution in [0.15, 0.2) is 18.2 Å². The van der Waals surface area contributed by atoms with E-state index in [-0.39, 0.29) is 10.6 Å². The first-order valence-electron chi connectivity index (χ1n) is 6.67. The van der Waals surface area contributed by atoms with Crippen molar-refractivity contribution in [1.82, 2.24) is 0 Å². The average Bonchev–Trinajstić information content (AvgIpc) is 2.35. The average molecular weight is 275 g/mol. The first-order chi connectivity index (χ1) is 8.60. The zero-order valence-corrected chi connectivity index (χ0v) is 11.8. The highest BCUT2D eigenvalue weighted by molar-refractivity contribution is 6.31. The van der Waals surface area contributed by atoms with Crippen molar-refractivity contribution in [2.75, 3.05) is 0 Å². The molecule has 0 aromatic heterocycles. The van der Waals surface area contributed by atoms with Crippen LogP contribution >= 0.6 is 11.6 Å². The highest BCUT2D eigenvalue weighted by Gasteiger charge is 2.16. The molecule has 0 aliphatic carbocycles. The SMILES string of the molecule is CCCCC(CCC)c1ccc(Cl)c(C(F)F)c1. The van der Waals surface area contributed by atoms with E-state index in [2.05, 4.69) is 13.8 Å². The van der Waals surface area contributed by atoms with Crippen molar-refractivity contribution >= 4 is 11.6 Å². The molecule has 0 heterocycles. The summed E-state index contributed by atoms with van der Waals surface area (Å²) in [7, 11) is 0. The molecule has 0 radical (unpaired) electrons. The van der Waals surface area contributed by atoms with Gasteiger partial charge in [-0.3, -0.25) is 0 Å². The smallest absolute Gasteiger partial charge is 0.205 e. The summed E-state index contributed by atoms with van der Waals surface area (Å²) in [5, 5.41) is 0.166. The molecule has 0 spiro atoms. The number of hydrogen-bond donors (Lipinski definition) is 0. The lowest BCUT2D eigenvalue weighted by Gasteiger charge is -2.17. The van der Waals surface area contributed by atoms with Gasteiger partial charge in [-0.25, -0.2) is 8.78 Å². The summed E-state index contributed by atoms with van der Waals surface area (Å²) in [5.74, 6) is 0.379. The van der Waals surface area contributed by atoms with Crippen LogP contribution in [-0.4, -0.2) is 0 Å². The first kappa shape index (κ1) is 15.4. The Morgan fingerprint density at radius 2 is 1.83 bits per heavy atom. The minimum atomic E-state index is -2.49. The Balaban J connectivity index is 2.93. The van der Waals surface area contributed by atoms with Gasteiger partial charge in [-0.05, 0) is 36.5 Å². The Hall–Kier alpha value is -0.630. The topological polar surface area (TPSA) is 0 Å². The molecule has 0 bridgehead atoms. The van der Waals surface area contributed by atoms with E-state index in [9.17, 15) is 8.78 Å². The monoisotopic (exact) mass is 274 g/mol. The van der Waals surface area contributed by atoms with E-state index < -0.39 is 6.43 Å². The van der Waals surface area contributed by atoms with E-state index in [1.807, 2.05) is 6.07 Å². The van der Waals surface area contributed by atoms with Crippen LogP contribution in [0, 0.1) is 0 Å². The Morgan fingerprint density at radius 1 is 1.11 bits per heavy atom. The summed E-state index contributed by atoms with van der Waals surface area (Å²) in [6, 6.07) is 5.08. The lowest BCUT2D eigenvalue weighted by Crippen LogP contribution is -2.00. The van der Waals surface area contributed by atoms with Gasteiger partial charge in [0.05, 0.1) is 0 Å². The number of unbranched alkanes of at least 4 members (excludes halogenated alkanes) is 1. The molecule has 1 aromatic carbocycles. The molecule has 0 aliphatic heterocycles. The third-order valence-corrected chi connectivity index (χ3v) is 3.61. The maximum atomic E-state index is 12.8. The molecule has 0 N–H and O–H groups in total. The quantitative estimate of drug-likeness (QED) is 0.543. The van der Waals surface area contributed by atoms with Crippen molar-refractivity contribution in [3.8, 4) is 0 Å². The van der Waals surface area contributed by atoms with E-state index in [4.69, 9.17) is 11.6 Å². The number of halogens is 3. The van der Waals surface area contributed by atoms with E-state index in [1.54, 1.807) is 12.1 Å². The van der Waals surface area contributed by atoms with Crippen LogP contribution in [-0.2, 0) is 0 Å². The molecule has 102 valence electrons. The van der Waals surface area contributed by atoms with Crippen molar-refractivity contribution in [2.45, 2.75) is 58.3 Å². The van der Waals surface area contributed by atoms with Crippen LogP contribution in [0.4, 0.5) is 8.78 Å². The molecule has 3 heteroatoms. The van der Waals surface area contributed by atoms with Gasteiger partial charge in [0.2, 0.25) is 0 Å². The maximum absolute atomic E-state index is 12.8. The van der Waals surface area contributed by atoms with Gasteiger partial charge in [0.25, 0.3) is 6.43 Å². The van der Waals surface area contributed by atoms with Gasteiger partial charge in [0.15, 0.2) is 0 Å². The Morgan fingerprint density at radius 3 is 2.39 bits per heavy atom. The third-order valence-electron chi connectivity index (χ3n) is 3.27. The second-order valence-electron chi connectivity index (χ2n) is 4.71. The van der Waals surface area contributed by atoms with Crippen LogP contribution in [0.1, 0.15) is 69.4 Å². The minimum absolute atomic E-state index is 0.0354. The van der Waals surface area contributed by atoms with Crippen molar-refractivity contribution in [2.24, 2.45) is 0 Å². The maximum Gasteiger partial charge on any atom is 0.265 e. The van der Waals surface area contributed by atoms with E-state index in [1.165, 1.54) is 0 Å². The fraction of sp³-hybridized carbons (Fsp3) is 0.600. The zero-order valence-electron chi connectivity index (χ0n) is 11.1. The predicted molar refractivity (Wildman–Crippen MR) is 73.6 cm³/mol. The summed E-state index contributed by atoms with van der Waals surface area (Å²) < 4.78 is 25.6. The van der Waals surface area contributed by atoms with Crippen LogP contribution in [0.3, 0.4) is 0 Å². The molecule has 1 aromatic rings. The minimum Gasteiger partial charge on any atom is -0.205 e. The molecule has 0 nitrogen and oxygen atoms in total. The van der Waals surface area contributed by atoms with Gasteiger partial charge in [-0.2, -0.15) is 0 Å². The predicted octanol–water partition coefficient (Wildman–Crippen LogP) is 6.35. The molecule has 0 saturated heterocycles. The van der Waals surface area contributed by atoms with Gasteiger partial charge < -0.3 is 0 Å². The lowest BCUT2D eigenvalue weighted by molar-refractivity contribution is 0.151. The fourth-order valence-corrected chi connectivity index (χ4v) is 2.46. The second kappa shape index (κ2) is 7.73. The highest BCUT2D eigenvalue weighted by Crippen LogP contribution is 2.33. The van der Waals surface area contributed by atoms with Crippen molar-refractivity contribution in [3.05, 3.63) is 34.3 Å². The second-order valence-corrected chi connectivity index (χ2v) is 5.12. The molecule has 1 unspecified atom stereocenters. The van der Waals surface area contributed by atoms with Crippen LogP contribution in [0.2, 0.25) is 5.02 Å². The molecule has 1 atom stereocenters. The summed E-state index contributed by atoms with van der Waals surface area (Å²) in [4.78, 5) is 0. The summed E-state index contributed by atoms with van der Waals surface area (Å²) in [6.07, 6.45) is 2.96. The largest absolute Gasteiger partial charge is 0.265 e. The summed E-state index contributed by atoms with van der Waals surface area (Å²) in [6.45, 7) is 4.28. The van der Waals surface area contributed by atoms with Crippen LogP contribution < -0.4 is 0 Å². The van der Waals surface area contributed by atoms with Crippen molar-refractivity contribution in [3.63, 3.8) is 0 Å². The van der Waals surface area contributed by atoms with Gasteiger partial charge in [0, 0.05) is 10.6 Å². The summed E-state index contributed by atoms with van der Waals surface area (Å²) >= 11 is 5.80. The summed E-state index contributed by atoms with van der Waals surface area (Å²) in [5.41, 5.74) is 0.969. The first-order valence-corrected chi connectivity index (χ1v) is 7.05.